The topological polar surface area (TPSA) is 70.9 Å². The molecule has 8 heteroatoms. The number of hydrogen-bond acceptors (Lipinski definition) is 5. The number of benzene rings is 2. The van der Waals surface area contributed by atoms with Gasteiger partial charge in [-0.05, 0) is 30.3 Å². The third kappa shape index (κ3) is 3.71. The number of halogens is 3. The number of fused-ring (bicyclic) bond motifs is 1. The van der Waals surface area contributed by atoms with Crippen LogP contribution in [0.25, 0.3) is 22.2 Å². The van der Waals surface area contributed by atoms with E-state index in [0.29, 0.717) is 28.3 Å². The van der Waals surface area contributed by atoms with E-state index < -0.39 is 11.7 Å². The zero-order valence-electron chi connectivity index (χ0n) is 14.3. The summed E-state index contributed by atoms with van der Waals surface area (Å²) < 4.78 is 38.1. The molecule has 0 saturated heterocycles. The highest BCUT2D eigenvalue weighted by Gasteiger charge is 2.30. The third-order valence-corrected chi connectivity index (χ3v) is 4.12. The molecule has 0 amide bonds. The predicted molar refractivity (Wildman–Crippen MR) is 99.2 cm³/mol. The third-order valence-electron chi connectivity index (χ3n) is 4.12. The van der Waals surface area contributed by atoms with Gasteiger partial charge in [0, 0.05) is 28.8 Å². The number of nitrogens with one attached hydrogen (secondary N) is 1. The molecule has 4 rings (SSSR count). The van der Waals surface area contributed by atoms with Gasteiger partial charge >= 0.3 is 6.18 Å². The van der Waals surface area contributed by atoms with Gasteiger partial charge < -0.3 is 10.4 Å². The van der Waals surface area contributed by atoms with E-state index in [-0.39, 0.29) is 5.88 Å². The monoisotopic (exact) mass is 382 g/mol. The molecule has 0 bridgehead atoms. The van der Waals surface area contributed by atoms with Gasteiger partial charge in [0.05, 0.1) is 16.8 Å². The summed E-state index contributed by atoms with van der Waals surface area (Å²) in [5.74, 6) is 0.403. The summed E-state index contributed by atoms with van der Waals surface area (Å²) in [4.78, 5) is 12.3. The maximum atomic E-state index is 12.7. The van der Waals surface area contributed by atoms with E-state index >= 15 is 0 Å². The fourth-order valence-corrected chi connectivity index (χ4v) is 2.75. The van der Waals surface area contributed by atoms with E-state index in [4.69, 9.17) is 0 Å². The predicted octanol–water partition coefficient (Wildman–Crippen LogP) is 5.16. The van der Waals surface area contributed by atoms with Crippen molar-refractivity contribution >= 4 is 22.4 Å². The van der Waals surface area contributed by atoms with Crippen LogP contribution < -0.4 is 5.32 Å². The van der Waals surface area contributed by atoms with Crippen molar-refractivity contribution in [1.82, 2.24) is 15.0 Å². The molecule has 0 aliphatic heterocycles. The molecule has 2 N–H and O–H groups in total. The van der Waals surface area contributed by atoms with Crippen molar-refractivity contribution in [2.45, 2.75) is 6.18 Å². The minimum atomic E-state index is -4.38. The van der Waals surface area contributed by atoms with Gasteiger partial charge in [0.1, 0.15) is 12.1 Å². The first-order valence-electron chi connectivity index (χ1n) is 8.25. The maximum absolute atomic E-state index is 12.7. The summed E-state index contributed by atoms with van der Waals surface area (Å²) in [6.07, 6.45) is -3.05. The van der Waals surface area contributed by atoms with Crippen molar-refractivity contribution in [1.29, 1.82) is 0 Å². The van der Waals surface area contributed by atoms with Gasteiger partial charge in [0.2, 0.25) is 5.88 Å². The van der Waals surface area contributed by atoms with E-state index in [1.165, 1.54) is 24.5 Å². The van der Waals surface area contributed by atoms with Crippen LogP contribution >= 0.6 is 0 Å². The van der Waals surface area contributed by atoms with Crippen LogP contribution in [-0.2, 0) is 6.18 Å². The Balaban J connectivity index is 1.60. The Morgan fingerprint density at radius 1 is 0.857 bits per heavy atom. The quantitative estimate of drug-likeness (QED) is 0.512. The van der Waals surface area contributed by atoms with Crippen LogP contribution in [0.2, 0.25) is 0 Å². The highest BCUT2D eigenvalue weighted by molar-refractivity contribution is 5.83. The molecule has 28 heavy (non-hydrogen) atoms. The Hall–Kier alpha value is -3.68. The second kappa shape index (κ2) is 6.80. The van der Waals surface area contributed by atoms with Crippen molar-refractivity contribution in [3.05, 3.63) is 72.6 Å². The molecule has 0 unspecified atom stereocenters. The van der Waals surface area contributed by atoms with Crippen LogP contribution in [0.3, 0.4) is 0 Å². The van der Waals surface area contributed by atoms with Gasteiger partial charge in [0.25, 0.3) is 0 Å². The van der Waals surface area contributed by atoms with E-state index in [1.54, 1.807) is 18.2 Å². The van der Waals surface area contributed by atoms with Gasteiger partial charge in [-0.25, -0.2) is 15.0 Å². The number of pyridine rings is 1. The Labute approximate surface area is 157 Å². The molecule has 0 spiro atoms. The molecule has 0 aliphatic carbocycles. The molecule has 140 valence electrons. The summed E-state index contributed by atoms with van der Waals surface area (Å²) in [5.41, 5.74) is 1.63. The molecule has 2 heterocycles. The maximum Gasteiger partial charge on any atom is 0.416 e. The lowest BCUT2D eigenvalue weighted by atomic mass is 10.1. The van der Waals surface area contributed by atoms with E-state index in [1.807, 2.05) is 12.1 Å². The fraction of sp³-hybridized carbons (Fsp3) is 0.0500. The van der Waals surface area contributed by atoms with Gasteiger partial charge in [-0.1, -0.05) is 18.2 Å². The number of aromatic hydroxyl groups is 1. The minimum absolute atomic E-state index is 0.0729. The van der Waals surface area contributed by atoms with Gasteiger partial charge in [-0.2, -0.15) is 13.2 Å². The number of hydrogen-bond donors (Lipinski definition) is 2. The highest BCUT2D eigenvalue weighted by atomic mass is 19.4. The number of nitrogens with zero attached hydrogens (tertiary/aromatic N) is 3. The lowest BCUT2D eigenvalue weighted by Gasteiger charge is -2.09. The number of aromatic nitrogens is 3. The minimum Gasteiger partial charge on any atom is -0.493 e. The Kier molecular flexibility index (Phi) is 4.31. The zero-order chi connectivity index (χ0) is 19.7. The summed E-state index contributed by atoms with van der Waals surface area (Å²) in [6.45, 7) is 0. The average molecular weight is 382 g/mol. The lowest BCUT2D eigenvalue weighted by molar-refractivity contribution is -0.137. The molecule has 0 saturated carbocycles. The summed E-state index contributed by atoms with van der Waals surface area (Å²) in [5, 5.41) is 13.5. The molecule has 4 aromatic rings. The molecular weight excluding hydrogens is 369 g/mol. The molecule has 2 aromatic carbocycles. The SMILES string of the molecule is Oc1ccc2ccc(Nc3cc(-c4ccc(C(F)(F)F)cc4)ncn3)cc2n1. The Bertz CT molecular complexity index is 1140. The average Bonchev–Trinajstić information content (AvgIpc) is 2.67. The smallest absolute Gasteiger partial charge is 0.416 e. The van der Waals surface area contributed by atoms with Crippen molar-refractivity contribution in [2.24, 2.45) is 0 Å². The highest BCUT2D eigenvalue weighted by Crippen LogP contribution is 2.31. The normalized spacial score (nSPS) is 11.5. The van der Waals surface area contributed by atoms with E-state index in [2.05, 4.69) is 20.3 Å². The number of alkyl halides is 3. The van der Waals surface area contributed by atoms with Crippen molar-refractivity contribution in [2.75, 3.05) is 5.32 Å². The van der Waals surface area contributed by atoms with Crippen molar-refractivity contribution in [3.8, 4) is 17.1 Å². The van der Waals surface area contributed by atoms with E-state index in [9.17, 15) is 18.3 Å². The number of anilines is 2. The first-order chi connectivity index (χ1) is 13.4. The van der Waals surface area contributed by atoms with Crippen LogP contribution in [0, 0.1) is 0 Å². The van der Waals surface area contributed by atoms with Crippen molar-refractivity contribution < 1.29 is 18.3 Å². The van der Waals surface area contributed by atoms with Gasteiger partial charge in [-0.15, -0.1) is 0 Å². The van der Waals surface area contributed by atoms with Crippen LogP contribution in [-0.4, -0.2) is 20.1 Å². The largest absolute Gasteiger partial charge is 0.493 e. The molecule has 0 fully saturated rings. The fourth-order valence-electron chi connectivity index (χ4n) is 2.75. The first kappa shape index (κ1) is 17.7. The molecular formula is C20H13F3N4O. The van der Waals surface area contributed by atoms with Crippen LogP contribution in [0.1, 0.15) is 5.56 Å². The summed E-state index contributed by atoms with van der Waals surface area (Å²) in [7, 11) is 0. The molecule has 0 radical (unpaired) electrons. The van der Waals surface area contributed by atoms with Crippen LogP contribution in [0.4, 0.5) is 24.7 Å². The summed E-state index contributed by atoms with van der Waals surface area (Å²) in [6, 6.07) is 15.1. The van der Waals surface area contributed by atoms with Gasteiger partial charge in [-0.3, -0.25) is 0 Å². The Morgan fingerprint density at radius 2 is 1.61 bits per heavy atom. The number of rotatable bonds is 3. The standard InChI is InChI=1S/C20H13F3N4O/c21-20(22,23)14-5-1-12(2-6-14)16-10-18(25-11-24-16)26-15-7-3-13-4-8-19(28)27-17(13)9-15/h1-11H,(H,27,28)(H,24,25,26). The second-order valence-corrected chi connectivity index (χ2v) is 6.07. The molecule has 0 aliphatic rings. The molecule has 5 nitrogen and oxygen atoms in total. The summed E-state index contributed by atoms with van der Waals surface area (Å²) >= 11 is 0. The second-order valence-electron chi connectivity index (χ2n) is 6.07. The van der Waals surface area contributed by atoms with Crippen LogP contribution in [0.15, 0.2) is 67.0 Å². The lowest BCUT2D eigenvalue weighted by Crippen LogP contribution is -2.04. The Morgan fingerprint density at radius 3 is 2.36 bits per heavy atom. The van der Waals surface area contributed by atoms with E-state index in [0.717, 1.165) is 17.5 Å². The van der Waals surface area contributed by atoms with Crippen molar-refractivity contribution in [3.63, 3.8) is 0 Å². The zero-order valence-corrected chi connectivity index (χ0v) is 14.3. The van der Waals surface area contributed by atoms with Gasteiger partial charge in [0.15, 0.2) is 0 Å². The molecule has 2 aromatic heterocycles. The van der Waals surface area contributed by atoms with Crippen LogP contribution in [0.5, 0.6) is 5.88 Å². The first-order valence-corrected chi connectivity index (χ1v) is 8.25. The molecule has 0 atom stereocenters.